The highest BCUT2D eigenvalue weighted by Crippen LogP contribution is 2.39. The summed E-state index contributed by atoms with van der Waals surface area (Å²) in [6, 6.07) is 1.38. The number of allylic oxidation sites excluding steroid dienone is 2. The minimum absolute atomic E-state index is 0.0651. The van der Waals surface area contributed by atoms with Crippen LogP contribution in [-0.2, 0) is 21.9 Å². The number of benzene rings is 1. The Morgan fingerprint density at radius 2 is 1.60 bits per heavy atom. The van der Waals surface area contributed by atoms with Crippen molar-refractivity contribution < 1.29 is 35.9 Å². The standard InChI is InChI=1S/C17H16F6O2/c1-9(24)11-3-4-15(7-11)25-10(2)12-5-13(16(18,19)20)8-14(6-12)17(21,22)23/h5-8,10-11H,3-4H2,1-2H3/t10-,11?/m1/s1. The average molecular weight is 366 g/mol. The number of rotatable bonds is 4. The quantitative estimate of drug-likeness (QED) is 0.641. The van der Waals surface area contributed by atoms with Crippen molar-refractivity contribution >= 4 is 5.78 Å². The lowest BCUT2D eigenvalue weighted by Crippen LogP contribution is -2.13. The van der Waals surface area contributed by atoms with Gasteiger partial charge in [0.1, 0.15) is 11.9 Å². The van der Waals surface area contributed by atoms with Crippen molar-refractivity contribution in [2.75, 3.05) is 0 Å². The number of alkyl halides is 6. The van der Waals surface area contributed by atoms with E-state index in [-0.39, 0.29) is 23.3 Å². The summed E-state index contributed by atoms with van der Waals surface area (Å²) in [5.74, 6) is 0.0118. The minimum atomic E-state index is -4.90. The Balaban J connectivity index is 2.31. The third-order valence-electron chi connectivity index (χ3n) is 4.02. The first-order valence-corrected chi connectivity index (χ1v) is 7.55. The number of halogens is 6. The molecule has 1 aliphatic carbocycles. The second-order valence-electron chi connectivity index (χ2n) is 5.99. The van der Waals surface area contributed by atoms with Gasteiger partial charge in [0.25, 0.3) is 0 Å². The van der Waals surface area contributed by atoms with Gasteiger partial charge in [-0.25, -0.2) is 0 Å². The first-order chi connectivity index (χ1) is 11.4. The van der Waals surface area contributed by atoms with Gasteiger partial charge < -0.3 is 4.74 Å². The molecule has 0 bridgehead atoms. The fourth-order valence-electron chi connectivity index (χ4n) is 2.62. The molecule has 0 spiro atoms. The van der Waals surface area contributed by atoms with Crippen LogP contribution in [0.15, 0.2) is 30.0 Å². The first-order valence-electron chi connectivity index (χ1n) is 7.55. The van der Waals surface area contributed by atoms with Gasteiger partial charge in [0, 0.05) is 12.3 Å². The van der Waals surface area contributed by atoms with E-state index in [2.05, 4.69) is 0 Å². The number of ketones is 1. The minimum Gasteiger partial charge on any atom is -0.491 e. The SMILES string of the molecule is CC(=O)C1C=C(O[C@H](C)c2cc(C(F)(F)F)cc(C(F)(F)F)c2)CC1. The highest BCUT2D eigenvalue weighted by atomic mass is 19.4. The van der Waals surface area contributed by atoms with Crippen LogP contribution in [0.4, 0.5) is 26.3 Å². The zero-order chi connectivity index (χ0) is 19.0. The summed E-state index contributed by atoms with van der Waals surface area (Å²) in [6.45, 7) is 2.79. The van der Waals surface area contributed by atoms with E-state index < -0.39 is 29.6 Å². The van der Waals surface area contributed by atoms with E-state index >= 15 is 0 Å². The van der Waals surface area contributed by atoms with Gasteiger partial charge >= 0.3 is 12.4 Å². The fourth-order valence-corrected chi connectivity index (χ4v) is 2.62. The Labute approximate surface area is 140 Å². The molecule has 2 atom stereocenters. The Morgan fingerprint density at radius 3 is 2.00 bits per heavy atom. The van der Waals surface area contributed by atoms with Crippen LogP contribution in [0.25, 0.3) is 0 Å². The second kappa shape index (κ2) is 6.72. The molecule has 2 nitrogen and oxygen atoms in total. The van der Waals surface area contributed by atoms with Gasteiger partial charge in [-0.3, -0.25) is 4.79 Å². The molecule has 8 heteroatoms. The van der Waals surface area contributed by atoms with E-state index in [0.717, 1.165) is 0 Å². The summed E-state index contributed by atoms with van der Waals surface area (Å²) < 4.78 is 82.8. The van der Waals surface area contributed by atoms with Crippen LogP contribution < -0.4 is 0 Å². The monoisotopic (exact) mass is 366 g/mol. The van der Waals surface area contributed by atoms with Gasteiger partial charge in [-0.2, -0.15) is 26.3 Å². The summed E-state index contributed by atoms with van der Waals surface area (Å²) >= 11 is 0. The van der Waals surface area contributed by atoms with Crippen molar-refractivity contribution in [3.05, 3.63) is 46.7 Å². The van der Waals surface area contributed by atoms with Gasteiger partial charge in [0.15, 0.2) is 0 Å². The molecule has 25 heavy (non-hydrogen) atoms. The number of carbonyl (C=O) groups is 1. The van der Waals surface area contributed by atoms with Gasteiger partial charge in [-0.05, 0) is 50.1 Å². The molecule has 0 radical (unpaired) electrons. The smallest absolute Gasteiger partial charge is 0.416 e. The van der Waals surface area contributed by atoms with E-state index in [1.807, 2.05) is 0 Å². The summed E-state index contributed by atoms with van der Waals surface area (Å²) in [7, 11) is 0. The van der Waals surface area contributed by atoms with E-state index in [1.165, 1.54) is 13.8 Å². The van der Waals surface area contributed by atoms with E-state index in [9.17, 15) is 31.1 Å². The summed E-state index contributed by atoms with van der Waals surface area (Å²) in [4.78, 5) is 11.3. The molecule has 1 aromatic carbocycles. The van der Waals surface area contributed by atoms with Gasteiger partial charge in [0.2, 0.25) is 0 Å². The predicted molar refractivity (Wildman–Crippen MR) is 77.4 cm³/mol. The van der Waals surface area contributed by atoms with Crippen LogP contribution in [0.2, 0.25) is 0 Å². The largest absolute Gasteiger partial charge is 0.491 e. The molecule has 2 rings (SSSR count). The van der Waals surface area contributed by atoms with E-state index in [0.29, 0.717) is 30.7 Å². The molecular formula is C17H16F6O2. The molecule has 1 unspecified atom stereocenters. The maximum atomic E-state index is 12.9. The van der Waals surface area contributed by atoms with Crippen molar-refractivity contribution in [1.82, 2.24) is 0 Å². The van der Waals surface area contributed by atoms with Crippen LogP contribution in [0, 0.1) is 5.92 Å². The normalized spacial score (nSPS) is 19.5. The van der Waals surface area contributed by atoms with Crippen molar-refractivity contribution in [3.63, 3.8) is 0 Å². The van der Waals surface area contributed by atoms with Crippen molar-refractivity contribution in [2.45, 2.75) is 45.1 Å². The molecule has 0 saturated heterocycles. The molecule has 0 heterocycles. The molecule has 0 aromatic heterocycles. The van der Waals surface area contributed by atoms with Crippen LogP contribution >= 0.6 is 0 Å². The third kappa shape index (κ3) is 4.76. The van der Waals surface area contributed by atoms with Crippen LogP contribution in [0.3, 0.4) is 0 Å². The lowest BCUT2D eigenvalue weighted by atomic mass is 10.0. The third-order valence-corrected chi connectivity index (χ3v) is 4.02. The Kier molecular flexibility index (Phi) is 5.20. The zero-order valence-corrected chi connectivity index (χ0v) is 13.5. The highest BCUT2D eigenvalue weighted by Gasteiger charge is 2.37. The first kappa shape index (κ1) is 19.3. The van der Waals surface area contributed by atoms with Gasteiger partial charge in [-0.15, -0.1) is 0 Å². The molecule has 0 fully saturated rings. The van der Waals surface area contributed by atoms with Crippen molar-refractivity contribution in [3.8, 4) is 0 Å². The highest BCUT2D eigenvalue weighted by molar-refractivity contribution is 5.80. The molecule has 1 aliphatic rings. The van der Waals surface area contributed by atoms with Crippen LogP contribution in [-0.4, -0.2) is 5.78 Å². The number of hydrogen-bond donors (Lipinski definition) is 0. The molecule has 138 valence electrons. The van der Waals surface area contributed by atoms with E-state index in [1.54, 1.807) is 6.08 Å². The number of ether oxygens (including phenoxy) is 1. The maximum absolute atomic E-state index is 12.9. The van der Waals surface area contributed by atoms with Crippen LogP contribution in [0.5, 0.6) is 0 Å². The van der Waals surface area contributed by atoms with Gasteiger partial charge in [-0.1, -0.05) is 0 Å². The average Bonchev–Trinajstić information content (AvgIpc) is 2.93. The summed E-state index contributed by atoms with van der Waals surface area (Å²) in [5, 5.41) is 0. The van der Waals surface area contributed by atoms with Crippen molar-refractivity contribution in [2.24, 2.45) is 5.92 Å². The lowest BCUT2D eigenvalue weighted by Gasteiger charge is -2.19. The topological polar surface area (TPSA) is 26.3 Å². The second-order valence-corrected chi connectivity index (χ2v) is 5.99. The van der Waals surface area contributed by atoms with E-state index in [4.69, 9.17) is 4.74 Å². The lowest BCUT2D eigenvalue weighted by molar-refractivity contribution is -0.143. The number of Topliss-reactive ketones (excluding diaryl/α,β-unsaturated/α-hetero) is 1. The van der Waals surface area contributed by atoms with Crippen molar-refractivity contribution in [1.29, 1.82) is 0 Å². The molecule has 1 aromatic rings. The fraction of sp³-hybridized carbons (Fsp3) is 0.471. The molecule has 0 N–H and O–H groups in total. The molecule has 0 aliphatic heterocycles. The molecular weight excluding hydrogens is 350 g/mol. The maximum Gasteiger partial charge on any atom is 0.416 e. The predicted octanol–water partition coefficient (Wildman–Crippen LogP) is 5.68. The summed E-state index contributed by atoms with van der Waals surface area (Å²) in [5.41, 5.74) is -2.99. The molecule has 0 saturated carbocycles. The number of hydrogen-bond acceptors (Lipinski definition) is 2. The Bertz CT molecular complexity index is 655. The summed E-state index contributed by atoms with van der Waals surface area (Å²) in [6.07, 6.45) is -8.31. The zero-order valence-electron chi connectivity index (χ0n) is 13.5. The molecule has 0 amide bonds. The Hall–Kier alpha value is -1.99. The van der Waals surface area contributed by atoms with Crippen LogP contribution in [0.1, 0.15) is 49.5 Å². The Morgan fingerprint density at radius 1 is 1.08 bits per heavy atom. The number of carbonyl (C=O) groups excluding carboxylic acids is 1. The van der Waals surface area contributed by atoms with Gasteiger partial charge in [0.05, 0.1) is 16.9 Å².